The van der Waals surface area contributed by atoms with E-state index in [9.17, 15) is 36.2 Å². The van der Waals surface area contributed by atoms with Crippen LogP contribution in [-0.4, -0.2) is 45.9 Å². The number of hydrogen-bond donors (Lipinski definition) is 1. The van der Waals surface area contributed by atoms with Crippen LogP contribution in [0.15, 0.2) is 54.9 Å². The van der Waals surface area contributed by atoms with E-state index >= 15 is 0 Å². The van der Waals surface area contributed by atoms with Crippen LogP contribution in [0.1, 0.15) is 42.5 Å². The van der Waals surface area contributed by atoms with Gasteiger partial charge in [0.1, 0.15) is 5.75 Å². The van der Waals surface area contributed by atoms with Crippen molar-refractivity contribution in [3.05, 3.63) is 77.1 Å². The lowest BCUT2D eigenvalue weighted by Crippen LogP contribution is -2.46. The Labute approximate surface area is 237 Å². The third kappa shape index (κ3) is 5.91. The minimum Gasteiger partial charge on any atom is -0.494 e. The number of anilines is 1. The van der Waals surface area contributed by atoms with E-state index in [0.717, 1.165) is 23.1 Å². The van der Waals surface area contributed by atoms with E-state index in [2.05, 4.69) is 4.98 Å². The zero-order chi connectivity index (χ0) is 31.0. The van der Waals surface area contributed by atoms with Crippen LogP contribution in [0.2, 0.25) is 0 Å². The summed E-state index contributed by atoms with van der Waals surface area (Å²) in [7, 11) is 0. The van der Waals surface area contributed by atoms with Gasteiger partial charge in [-0.1, -0.05) is 6.07 Å². The predicted octanol–water partition coefficient (Wildman–Crippen LogP) is 6.14. The number of aryl methyl sites for hydroxylation is 1. The molecule has 1 unspecified atom stereocenters. The maximum absolute atomic E-state index is 13.9. The van der Waals surface area contributed by atoms with Crippen LogP contribution >= 0.6 is 0 Å². The molecule has 1 fully saturated rings. The third-order valence-corrected chi connectivity index (χ3v) is 7.10. The number of carbonyl (C=O) groups excluding carboxylic acids is 1. The third-order valence-electron chi connectivity index (χ3n) is 7.10. The maximum Gasteiger partial charge on any atom is 0.417 e. The Hall–Kier alpha value is -4.15. The van der Waals surface area contributed by atoms with Crippen molar-refractivity contribution in [3.63, 3.8) is 0 Å². The Morgan fingerprint density at radius 3 is 2.33 bits per heavy atom. The van der Waals surface area contributed by atoms with Crippen molar-refractivity contribution >= 4 is 11.6 Å². The van der Waals surface area contributed by atoms with Crippen LogP contribution in [0.25, 0.3) is 11.1 Å². The van der Waals surface area contributed by atoms with Crippen LogP contribution in [0.3, 0.4) is 0 Å². The Morgan fingerprint density at radius 2 is 1.71 bits per heavy atom. The zero-order valence-electron chi connectivity index (χ0n) is 22.7. The van der Waals surface area contributed by atoms with E-state index in [0.29, 0.717) is 17.2 Å². The molecule has 1 aliphatic heterocycles. The monoisotopic (exact) mass is 592 g/mol. The SMILES string of the molecule is Cc1cnccc1-c1ccc(OCCCN2C(O)N(c3ccc(C#N)c(C(F)(F)F)c3)C(=O)C2(C)C)cc1C(F)(F)F. The van der Waals surface area contributed by atoms with Crippen molar-refractivity contribution in [2.75, 3.05) is 18.1 Å². The highest BCUT2D eigenvalue weighted by Crippen LogP contribution is 2.41. The van der Waals surface area contributed by atoms with E-state index in [1.807, 2.05) is 0 Å². The number of halogens is 6. The summed E-state index contributed by atoms with van der Waals surface area (Å²) < 4.78 is 87.7. The molecule has 0 bridgehead atoms. The molecule has 1 aromatic heterocycles. The van der Waals surface area contributed by atoms with Crippen LogP contribution in [0, 0.1) is 18.3 Å². The predicted molar refractivity (Wildman–Crippen MR) is 140 cm³/mol. The Kier molecular flexibility index (Phi) is 8.26. The molecule has 7 nitrogen and oxygen atoms in total. The molecule has 42 heavy (non-hydrogen) atoms. The number of aliphatic hydroxyl groups is 1. The van der Waals surface area contributed by atoms with E-state index in [1.54, 1.807) is 6.92 Å². The van der Waals surface area contributed by atoms with E-state index in [-0.39, 0.29) is 36.6 Å². The van der Waals surface area contributed by atoms with Crippen molar-refractivity contribution in [3.8, 4) is 22.9 Å². The number of ether oxygens (including phenoxy) is 1. The van der Waals surface area contributed by atoms with Gasteiger partial charge >= 0.3 is 12.4 Å². The minimum absolute atomic E-state index is 0.0215. The molecule has 0 radical (unpaired) electrons. The summed E-state index contributed by atoms with van der Waals surface area (Å²) in [5.74, 6) is -0.709. The molecule has 222 valence electrons. The highest BCUT2D eigenvalue weighted by atomic mass is 19.4. The molecule has 1 aliphatic rings. The number of alkyl halides is 6. The van der Waals surface area contributed by atoms with Gasteiger partial charge < -0.3 is 9.84 Å². The molecule has 0 aliphatic carbocycles. The van der Waals surface area contributed by atoms with Gasteiger partial charge in [0, 0.05) is 24.6 Å². The highest BCUT2D eigenvalue weighted by molar-refractivity contribution is 6.02. The quantitative estimate of drug-likeness (QED) is 0.262. The number of aromatic nitrogens is 1. The summed E-state index contributed by atoms with van der Waals surface area (Å²) in [5, 5.41) is 20.0. The first-order chi connectivity index (χ1) is 19.6. The number of nitriles is 1. The fourth-order valence-corrected chi connectivity index (χ4v) is 4.89. The first kappa shape index (κ1) is 30.8. The zero-order valence-corrected chi connectivity index (χ0v) is 22.7. The molecule has 1 atom stereocenters. The van der Waals surface area contributed by atoms with Gasteiger partial charge in [-0.05, 0) is 80.3 Å². The Bertz CT molecular complexity index is 1530. The molecule has 4 rings (SSSR count). The number of carbonyl (C=O) groups is 1. The number of pyridine rings is 1. The number of nitrogens with zero attached hydrogens (tertiary/aromatic N) is 4. The molecule has 2 aromatic carbocycles. The lowest BCUT2D eigenvalue weighted by Gasteiger charge is -2.30. The Morgan fingerprint density at radius 1 is 1.02 bits per heavy atom. The van der Waals surface area contributed by atoms with Gasteiger partial charge in [0.15, 0.2) is 6.35 Å². The van der Waals surface area contributed by atoms with Crippen LogP contribution in [0.4, 0.5) is 32.0 Å². The number of aliphatic hydroxyl groups excluding tert-OH is 1. The molecular formula is C29H26F6N4O3. The average molecular weight is 593 g/mol. The standard InChI is InChI=1S/C29H26F6N4O3/c1-17-16-37-10-9-21(17)22-8-7-20(14-24(22)29(33,34)35)42-12-4-11-38-26(41)39(25(40)27(38,2)3)19-6-5-18(15-36)23(13-19)28(30,31)32/h5-10,13-14,16,26,41H,4,11-12H2,1-3H3. The molecule has 0 spiro atoms. The first-order valence-corrected chi connectivity index (χ1v) is 12.7. The van der Waals surface area contributed by atoms with Gasteiger partial charge in [-0.3, -0.25) is 14.7 Å². The van der Waals surface area contributed by atoms with Crippen LogP contribution < -0.4 is 9.64 Å². The molecule has 1 amide bonds. The molecule has 3 aromatic rings. The van der Waals surface area contributed by atoms with Gasteiger partial charge in [0.05, 0.1) is 34.9 Å². The van der Waals surface area contributed by atoms with E-state index < -0.39 is 46.8 Å². The summed E-state index contributed by atoms with van der Waals surface area (Å²) in [4.78, 5) is 19.2. The fraction of sp³-hybridized carbons (Fsp3) is 0.345. The van der Waals surface area contributed by atoms with E-state index in [1.165, 1.54) is 55.4 Å². The van der Waals surface area contributed by atoms with Gasteiger partial charge in [-0.2, -0.15) is 31.6 Å². The number of benzene rings is 2. The minimum atomic E-state index is -4.86. The Balaban J connectivity index is 1.48. The number of hydrogen-bond acceptors (Lipinski definition) is 6. The maximum atomic E-state index is 13.9. The first-order valence-electron chi connectivity index (χ1n) is 12.7. The molecular weight excluding hydrogens is 566 g/mol. The van der Waals surface area contributed by atoms with Crippen LogP contribution in [-0.2, 0) is 17.1 Å². The normalized spacial score (nSPS) is 17.4. The second-order valence-corrected chi connectivity index (χ2v) is 10.2. The topological polar surface area (TPSA) is 89.7 Å². The van der Waals surface area contributed by atoms with Crippen molar-refractivity contribution in [2.45, 2.75) is 51.4 Å². The van der Waals surface area contributed by atoms with Crippen molar-refractivity contribution < 1.29 is 41.0 Å². The summed E-state index contributed by atoms with van der Waals surface area (Å²) in [6.07, 6.45) is -8.12. The summed E-state index contributed by atoms with van der Waals surface area (Å²) in [6, 6.07) is 9.30. The molecule has 2 heterocycles. The average Bonchev–Trinajstić information content (AvgIpc) is 3.08. The molecule has 13 heteroatoms. The van der Waals surface area contributed by atoms with Gasteiger partial charge in [0.2, 0.25) is 5.91 Å². The van der Waals surface area contributed by atoms with Crippen molar-refractivity contribution in [2.24, 2.45) is 0 Å². The van der Waals surface area contributed by atoms with Crippen molar-refractivity contribution in [1.29, 1.82) is 5.26 Å². The second kappa shape index (κ2) is 11.3. The molecule has 0 saturated carbocycles. The van der Waals surface area contributed by atoms with Crippen molar-refractivity contribution in [1.82, 2.24) is 9.88 Å². The summed E-state index contributed by atoms with van der Waals surface area (Å²) in [6.45, 7) is 4.59. The molecule has 1 saturated heterocycles. The molecule has 1 N–H and O–H groups in total. The van der Waals surface area contributed by atoms with Gasteiger partial charge in [-0.15, -0.1) is 0 Å². The highest BCUT2D eigenvalue weighted by Gasteiger charge is 2.52. The summed E-state index contributed by atoms with van der Waals surface area (Å²) >= 11 is 0. The lowest BCUT2D eigenvalue weighted by atomic mass is 9.97. The summed E-state index contributed by atoms with van der Waals surface area (Å²) in [5.41, 5.74) is -3.39. The lowest BCUT2D eigenvalue weighted by molar-refractivity contribution is -0.138. The fourth-order valence-electron chi connectivity index (χ4n) is 4.89. The number of rotatable bonds is 7. The largest absolute Gasteiger partial charge is 0.494 e. The number of amides is 1. The van der Waals surface area contributed by atoms with E-state index in [4.69, 9.17) is 10.00 Å². The second-order valence-electron chi connectivity index (χ2n) is 10.2. The smallest absolute Gasteiger partial charge is 0.417 e. The van der Waals surface area contributed by atoms with Gasteiger partial charge in [-0.25, -0.2) is 4.90 Å². The van der Waals surface area contributed by atoms with Gasteiger partial charge in [0.25, 0.3) is 0 Å². The van der Waals surface area contributed by atoms with Crippen LogP contribution in [0.5, 0.6) is 5.75 Å².